The number of carbonyl (C=O) groups is 3. The van der Waals surface area contributed by atoms with Crippen LogP contribution in [0.5, 0.6) is 5.75 Å². The molecule has 12 heteroatoms. The molecule has 0 unspecified atom stereocenters. The highest BCUT2D eigenvalue weighted by Gasteiger charge is 2.49. The lowest BCUT2D eigenvalue weighted by atomic mass is 10.2. The third-order valence-electron chi connectivity index (χ3n) is 4.27. The summed E-state index contributed by atoms with van der Waals surface area (Å²) in [5.41, 5.74) is -0.835. The summed E-state index contributed by atoms with van der Waals surface area (Å²) >= 11 is 4.24. The summed E-state index contributed by atoms with van der Waals surface area (Å²) in [6.07, 6.45) is -4.16. The maximum atomic E-state index is 14.5. The van der Waals surface area contributed by atoms with Gasteiger partial charge >= 0.3 is 24.1 Å². The van der Waals surface area contributed by atoms with Crippen LogP contribution in [-0.2, 0) is 4.79 Å². The Hall–Kier alpha value is -2.63. The van der Waals surface area contributed by atoms with E-state index in [1.165, 1.54) is 21.0 Å². The fourth-order valence-electron chi connectivity index (χ4n) is 2.45. The average molecular weight is 390 g/mol. The Bertz CT molecular complexity index is 824. The summed E-state index contributed by atoms with van der Waals surface area (Å²) in [6.45, 7) is 1.49. The van der Waals surface area contributed by atoms with Gasteiger partial charge in [-0.2, -0.15) is 8.78 Å². The summed E-state index contributed by atoms with van der Waals surface area (Å²) in [5, 5.41) is 1.85. The van der Waals surface area contributed by atoms with Crippen molar-refractivity contribution in [3.63, 3.8) is 0 Å². The van der Waals surface area contributed by atoms with E-state index in [1.807, 2.05) is 5.32 Å². The molecule has 3 rings (SSSR count). The van der Waals surface area contributed by atoms with E-state index in [9.17, 15) is 27.6 Å². The molecule has 0 bridgehead atoms. The van der Waals surface area contributed by atoms with Crippen molar-refractivity contribution in [1.29, 1.82) is 0 Å². The molecule has 2 heterocycles. The fraction of sp³-hybridized carbons (Fsp3) is 0.357. The minimum absolute atomic E-state index is 0.303. The van der Waals surface area contributed by atoms with Gasteiger partial charge in [0.15, 0.2) is 16.6 Å². The Labute approximate surface area is 150 Å². The summed E-state index contributed by atoms with van der Waals surface area (Å²) in [6, 6.07) is -0.348. The number of nitrogens with zero attached hydrogens (tertiary/aromatic N) is 3. The van der Waals surface area contributed by atoms with Crippen molar-refractivity contribution in [3.05, 3.63) is 17.9 Å². The molecule has 1 aromatic rings. The molecule has 5 amide bonds. The highest BCUT2D eigenvalue weighted by molar-refractivity contribution is 7.81. The van der Waals surface area contributed by atoms with Crippen LogP contribution in [0.1, 0.15) is 6.92 Å². The van der Waals surface area contributed by atoms with Gasteiger partial charge in [0, 0.05) is 20.2 Å². The number of hydrogen-bond donors (Lipinski definition) is 2. The number of fused-ring (bicyclic) bond motifs is 1. The number of benzene rings is 1. The Kier molecular flexibility index (Phi) is 3.80. The predicted molar refractivity (Wildman–Crippen MR) is 86.8 cm³/mol. The first-order chi connectivity index (χ1) is 11.9. The third kappa shape index (κ3) is 2.43. The van der Waals surface area contributed by atoms with Gasteiger partial charge in [-0.3, -0.25) is 14.6 Å². The van der Waals surface area contributed by atoms with Gasteiger partial charge in [0.1, 0.15) is 0 Å². The number of nitrogens with one attached hydrogen (secondary N) is 1. The second kappa shape index (κ2) is 5.43. The summed E-state index contributed by atoms with van der Waals surface area (Å²) < 4.78 is 45.2. The standard InChI is InChI=1S/C14H13F3N4O4S/c1-13(26)19(2)11(23)21(12(24)20(13)3)8-5-7-9(4-6(8)15)25-14(16,17)10(22)18-7/h4-5,26H,1-3H3,(H,18,22). The number of anilines is 2. The molecular weight excluding hydrogens is 377 g/mol. The second-order valence-electron chi connectivity index (χ2n) is 5.86. The zero-order valence-electron chi connectivity index (χ0n) is 13.7. The van der Waals surface area contributed by atoms with Gasteiger partial charge in [-0.15, -0.1) is 12.6 Å². The minimum atomic E-state index is -4.16. The predicted octanol–water partition coefficient (Wildman–Crippen LogP) is 2.28. The first-order valence-corrected chi connectivity index (χ1v) is 7.62. The fourth-order valence-corrected chi connectivity index (χ4v) is 2.62. The van der Waals surface area contributed by atoms with Gasteiger partial charge in [-0.1, -0.05) is 0 Å². The lowest BCUT2D eigenvalue weighted by Gasteiger charge is -2.48. The number of ether oxygens (including phenoxy) is 1. The van der Waals surface area contributed by atoms with Crippen LogP contribution in [0.25, 0.3) is 0 Å². The smallest absolute Gasteiger partial charge is 0.423 e. The summed E-state index contributed by atoms with van der Waals surface area (Å²) in [5.74, 6) is -3.55. The molecule has 1 N–H and O–H groups in total. The average Bonchev–Trinajstić information content (AvgIpc) is 2.54. The van der Waals surface area contributed by atoms with Crippen molar-refractivity contribution in [2.45, 2.75) is 18.0 Å². The van der Waals surface area contributed by atoms with E-state index >= 15 is 0 Å². The number of alkyl halides is 2. The Morgan fingerprint density at radius 2 is 1.65 bits per heavy atom. The number of amides is 5. The Morgan fingerprint density at radius 3 is 2.19 bits per heavy atom. The molecule has 0 spiro atoms. The maximum Gasteiger partial charge on any atom is 0.482 e. The zero-order chi connectivity index (χ0) is 19.6. The van der Waals surface area contributed by atoms with E-state index in [0.717, 1.165) is 15.9 Å². The molecule has 1 aromatic carbocycles. The lowest BCUT2D eigenvalue weighted by Crippen LogP contribution is -2.68. The molecule has 0 radical (unpaired) electrons. The Morgan fingerprint density at radius 1 is 1.12 bits per heavy atom. The van der Waals surface area contributed by atoms with E-state index in [1.54, 1.807) is 0 Å². The van der Waals surface area contributed by atoms with Crippen molar-refractivity contribution in [1.82, 2.24) is 9.80 Å². The number of urea groups is 2. The minimum Gasteiger partial charge on any atom is -0.423 e. The number of hydrogen-bond acceptors (Lipinski definition) is 5. The van der Waals surface area contributed by atoms with E-state index in [2.05, 4.69) is 17.4 Å². The molecule has 1 fully saturated rings. The molecule has 0 saturated carbocycles. The molecular formula is C14H13F3N4O4S. The topological polar surface area (TPSA) is 82.2 Å². The normalized spacial score (nSPS) is 21.3. The molecule has 26 heavy (non-hydrogen) atoms. The van der Waals surface area contributed by atoms with Crippen LogP contribution in [0, 0.1) is 5.82 Å². The van der Waals surface area contributed by atoms with Crippen LogP contribution in [0.3, 0.4) is 0 Å². The monoisotopic (exact) mass is 390 g/mol. The molecule has 0 aromatic heterocycles. The molecule has 1 saturated heterocycles. The summed E-state index contributed by atoms with van der Waals surface area (Å²) in [4.78, 5) is 37.8. The van der Waals surface area contributed by atoms with Crippen LogP contribution in [0.15, 0.2) is 12.1 Å². The lowest BCUT2D eigenvalue weighted by molar-refractivity contribution is -0.189. The van der Waals surface area contributed by atoms with Crippen molar-refractivity contribution in [2.75, 3.05) is 24.3 Å². The van der Waals surface area contributed by atoms with E-state index in [4.69, 9.17) is 0 Å². The van der Waals surface area contributed by atoms with Crippen LogP contribution < -0.4 is 15.0 Å². The van der Waals surface area contributed by atoms with E-state index in [0.29, 0.717) is 11.0 Å². The molecule has 2 aliphatic rings. The Balaban J connectivity index is 2.08. The highest BCUT2D eigenvalue weighted by atomic mass is 32.1. The maximum absolute atomic E-state index is 14.5. The number of thiol groups is 1. The molecule has 140 valence electrons. The van der Waals surface area contributed by atoms with Crippen LogP contribution >= 0.6 is 12.6 Å². The van der Waals surface area contributed by atoms with Gasteiger partial charge in [0.2, 0.25) is 0 Å². The van der Waals surface area contributed by atoms with Gasteiger partial charge in [-0.05, 0) is 13.0 Å². The SMILES string of the molecule is CN1C(=O)N(c2cc3c(cc2F)OC(F)(F)C(=O)N3)C(=O)N(C)C1(C)S. The largest absolute Gasteiger partial charge is 0.482 e. The van der Waals surface area contributed by atoms with Crippen molar-refractivity contribution in [2.24, 2.45) is 0 Å². The van der Waals surface area contributed by atoms with Crippen molar-refractivity contribution < 1.29 is 32.3 Å². The van der Waals surface area contributed by atoms with Gasteiger partial charge in [0.25, 0.3) is 0 Å². The quantitative estimate of drug-likeness (QED) is 0.721. The molecule has 8 nitrogen and oxygen atoms in total. The number of carbonyl (C=O) groups excluding carboxylic acids is 3. The zero-order valence-corrected chi connectivity index (χ0v) is 14.6. The van der Waals surface area contributed by atoms with E-state index in [-0.39, 0.29) is 5.69 Å². The summed E-state index contributed by atoms with van der Waals surface area (Å²) in [7, 11) is 2.71. The number of halogens is 3. The van der Waals surface area contributed by atoms with Gasteiger partial charge < -0.3 is 10.1 Å². The van der Waals surface area contributed by atoms with Crippen molar-refractivity contribution in [3.8, 4) is 5.75 Å². The molecule has 0 atom stereocenters. The first kappa shape index (κ1) is 18.2. The highest BCUT2D eigenvalue weighted by Crippen LogP contribution is 2.41. The molecule has 0 aliphatic carbocycles. The second-order valence-corrected chi connectivity index (χ2v) is 6.71. The van der Waals surface area contributed by atoms with Gasteiger partial charge in [0.05, 0.1) is 11.4 Å². The number of rotatable bonds is 1. The van der Waals surface area contributed by atoms with Gasteiger partial charge in [-0.25, -0.2) is 18.9 Å². The molecule has 2 aliphatic heterocycles. The van der Waals surface area contributed by atoms with Crippen LogP contribution in [-0.4, -0.2) is 53.0 Å². The number of imide groups is 1. The van der Waals surface area contributed by atoms with Crippen molar-refractivity contribution >= 4 is 42.0 Å². The first-order valence-electron chi connectivity index (χ1n) is 7.18. The van der Waals surface area contributed by atoms with E-state index < -0.39 is 46.3 Å². The van der Waals surface area contributed by atoms with Crippen LogP contribution in [0.2, 0.25) is 0 Å². The van der Waals surface area contributed by atoms with Crippen LogP contribution in [0.4, 0.5) is 34.1 Å². The third-order valence-corrected chi connectivity index (χ3v) is 4.87.